The molecule has 0 aliphatic carbocycles. The molecule has 2 atom stereocenters. The molecule has 7 nitrogen and oxygen atoms in total. The van der Waals surface area contributed by atoms with Gasteiger partial charge in [-0.05, 0) is 5.56 Å². The first-order valence-corrected chi connectivity index (χ1v) is 5.78. The third kappa shape index (κ3) is 4.36. The van der Waals surface area contributed by atoms with Crippen molar-refractivity contribution in [2.45, 2.75) is 18.6 Å². The second kappa shape index (κ2) is 7.25. The Balaban J connectivity index is 2.81. The molecule has 0 aliphatic rings. The molecule has 7 heteroatoms. The van der Waals surface area contributed by atoms with Crippen molar-refractivity contribution in [2.24, 2.45) is 0 Å². The summed E-state index contributed by atoms with van der Waals surface area (Å²) >= 11 is 0. The Kier molecular flexibility index (Phi) is 5.67. The van der Waals surface area contributed by atoms with E-state index >= 15 is 0 Å². The van der Waals surface area contributed by atoms with Gasteiger partial charge in [0.2, 0.25) is 0 Å². The molecule has 0 aliphatic heterocycles. The predicted molar refractivity (Wildman–Crippen MR) is 68.0 cm³/mol. The molecular weight excluding hydrogens is 266 g/mol. The van der Waals surface area contributed by atoms with Gasteiger partial charge >= 0.3 is 11.9 Å². The van der Waals surface area contributed by atoms with Gasteiger partial charge in [0.25, 0.3) is 5.91 Å². The first kappa shape index (κ1) is 15.6. The van der Waals surface area contributed by atoms with Crippen LogP contribution in [0.3, 0.4) is 0 Å². The van der Waals surface area contributed by atoms with E-state index in [0.29, 0.717) is 5.56 Å². The highest BCUT2D eigenvalue weighted by molar-refractivity contribution is 5.89. The standard InChI is InChI=1S/C13H15NO6/c1-20-11(8-5-3-2-4-6-8)12(17)14-9(13(18)19)7-10(15)16/h2-6,9,11H,7H2,1H3,(H,14,17)(H,15,16)(H,18,19)/t9-,11+/m0/s1. The molecule has 0 spiro atoms. The average molecular weight is 281 g/mol. The number of aliphatic carboxylic acids is 2. The normalized spacial score (nSPS) is 13.2. The Morgan fingerprint density at radius 3 is 2.25 bits per heavy atom. The van der Waals surface area contributed by atoms with E-state index in [-0.39, 0.29) is 0 Å². The summed E-state index contributed by atoms with van der Waals surface area (Å²) in [7, 11) is 1.31. The lowest BCUT2D eigenvalue weighted by molar-refractivity contribution is -0.148. The minimum Gasteiger partial charge on any atom is -0.481 e. The van der Waals surface area contributed by atoms with E-state index in [2.05, 4.69) is 5.32 Å². The molecule has 3 N–H and O–H groups in total. The number of carboxylic acid groups (broad SMARTS) is 2. The van der Waals surface area contributed by atoms with Crippen molar-refractivity contribution in [3.8, 4) is 0 Å². The fourth-order valence-corrected chi connectivity index (χ4v) is 1.64. The number of ether oxygens (including phenoxy) is 1. The number of benzene rings is 1. The SMILES string of the molecule is CO[C@@H](C(=O)N[C@@H](CC(=O)O)C(=O)O)c1ccccc1. The van der Waals surface area contributed by atoms with Gasteiger partial charge in [-0.2, -0.15) is 0 Å². The van der Waals surface area contributed by atoms with Crippen molar-refractivity contribution < 1.29 is 29.3 Å². The van der Waals surface area contributed by atoms with Gasteiger partial charge in [0.1, 0.15) is 6.04 Å². The van der Waals surface area contributed by atoms with Crippen LogP contribution < -0.4 is 5.32 Å². The molecule has 1 aromatic rings. The third-order valence-corrected chi connectivity index (χ3v) is 2.57. The van der Waals surface area contributed by atoms with Gasteiger partial charge in [-0.1, -0.05) is 30.3 Å². The number of carbonyl (C=O) groups is 3. The van der Waals surface area contributed by atoms with Crippen molar-refractivity contribution in [1.82, 2.24) is 5.32 Å². The number of carboxylic acids is 2. The molecule has 0 saturated heterocycles. The fourth-order valence-electron chi connectivity index (χ4n) is 1.64. The van der Waals surface area contributed by atoms with Crippen LogP contribution >= 0.6 is 0 Å². The number of carbonyl (C=O) groups excluding carboxylic acids is 1. The van der Waals surface area contributed by atoms with Gasteiger partial charge in [0, 0.05) is 7.11 Å². The summed E-state index contributed by atoms with van der Waals surface area (Å²) in [6, 6.07) is 6.99. The molecule has 108 valence electrons. The van der Waals surface area contributed by atoms with Crippen LogP contribution in [0.4, 0.5) is 0 Å². The van der Waals surface area contributed by atoms with Gasteiger partial charge in [-0.3, -0.25) is 9.59 Å². The van der Waals surface area contributed by atoms with Gasteiger partial charge < -0.3 is 20.3 Å². The molecule has 0 saturated carbocycles. The smallest absolute Gasteiger partial charge is 0.326 e. The minimum absolute atomic E-state index is 0.548. The Morgan fingerprint density at radius 1 is 1.20 bits per heavy atom. The quantitative estimate of drug-likeness (QED) is 0.667. The molecular formula is C13H15NO6. The van der Waals surface area contributed by atoms with Crippen molar-refractivity contribution in [3.63, 3.8) is 0 Å². The molecule has 0 unspecified atom stereocenters. The highest BCUT2D eigenvalue weighted by Crippen LogP contribution is 2.16. The highest BCUT2D eigenvalue weighted by Gasteiger charge is 2.27. The van der Waals surface area contributed by atoms with Crippen LogP contribution in [0.1, 0.15) is 18.1 Å². The van der Waals surface area contributed by atoms with E-state index in [4.69, 9.17) is 14.9 Å². The summed E-state index contributed by atoms with van der Waals surface area (Å²) in [4.78, 5) is 33.4. The zero-order chi connectivity index (χ0) is 15.1. The van der Waals surface area contributed by atoms with Crippen LogP contribution in [0.5, 0.6) is 0 Å². The summed E-state index contributed by atoms with van der Waals surface area (Å²) in [5.41, 5.74) is 0.548. The zero-order valence-corrected chi connectivity index (χ0v) is 10.8. The maximum absolute atomic E-state index is 12.0. The van der Waals surface area contributed by atoms with E-state index in [9.17, 15) is 14.4 Å². The summed E-state index contributed by atoms with van der Waals surface area (Å²) in [5.74, 6) is -3.43. The Morgan fingerprint density at radius 2 is 1.80 bits per heavy atom. The van der Waals surface area contributed by atoms with Crippen LogP contribution in [0.15, 0.2) is 30.3 Å². The van der Waals surface area contributed by atoms with Gasteiger partial charge in [-0.25, -0.2) is 4.79 Å². The predicted octanol–water partition coefficient (Wildman–Crippen LogP) is 0.418. The molecule has 0 bridgehead atoms. The largest absolute Gasteiger partial charge is 0.481 e. The molecule has 0 fully saturated rings. The molecule has 0 heterocycles. The van der Waals surface area contributed by atoms with Crippen molar-refractivity contribution in [2.75, 3.05) is 7.11 Å². The second-order valence-electron chi connectivity index (χ2n) is 4.02. The zero-order valence-electron chi connectivity index (χ0n) is 10.8. The monoisotopic (exact) mass is 281 g/mol. The lowest BCUT2D eigenvalue weighted by Gasteiger charge is -2.18. The van der Waals surface area contributed by atoms with E-state index in [1.807, 2.05) is 0 Å². The van der Waals surface area contributed by atoms with Crippen molar-refractivity contribution in [1.29, 1.82) is 0 Å². The van der Waals surface area contributed by atoms with Gasteiger partial charge in [0.15, 0.2) is 6.10 Å². The van der Waals surface area contributed by atoms with Crippen LogP contribution in [-0.2, 0) is 19.1 Å². The van der Waals surface area contributed by atoms with E-state index < -0.39 is 36.4 Å². The van der Waals surface area contributed by atoms with Gasteiger partial charge in [-0.15, -0.1) is 0 Å². The number of hydrogen-bond donors (Lipinski definition) is 3. The fraction of sp³-hybridized carbons (Fsp3) is 0.308. The Hall–Kier alpha value is -2.41. The lowest BCUT2D eigenvalue weighted by atomic mass is 10.1. The maximum atomic E-state index is 12.0. The third-order valence-electron chi connectivity index (χ3n) is 2.57. The summed E-state index contributed by atoms with van der Waals surface area (Å²) in [6.45, 7) is 0. The first-order valence-electron chi connectivity index (χ1n) is 5.78. The summed E-state index contributed by atoms with van der Waals surface area (Å²) in [6.07, 6.45) is -1.70. The lowest BCUT2D eigenvalue weighted by Crippen LogP contribution is -2.44. The van der Waals surface area contributed by atoms with Crippen LogP contribution in [-0.4, -0.2) is 41.2 Å². The number of amides is 1. The molecule has 1 rings (SSSR count). The Bertz CT molecular complexity index is 487. The second-order valence-corrected chi connectivity index (χ2v) is 4.02. The van der Waals surface area contributed by atoms with E-state index in [1.54, 1.807) is 30.3 Å². The average Bonchev–Trinajstić information content (AvgIpc) is 2.39. The van der Waals surface area contributed by atoms with Crippen LogP contribution in [0.25, 0.3) is 0 Å². The molecule has 1 aromatic carbocycles. The molecule has 20 heavy (non-hydrogen) atoms. The van der Waals surface area contributed by atoms with Crippen molar-refractivity contribution in [3.05, 3.63) is 35.9 Å². The number of nitrogens with one attached hydrogen (secondary N) is 1. The minimum atomic E-state index is -1.50. The Labute approximate surface area is 115 Å². The van der Waals surface area contributed by atoms with Gasteiger partial charge in [0.05, 0.1) is 6.42 Å². The van der Waals surface area contributed by atoms with Crippen molar-refractivity contribution >= 4 is 17.8 Å². The topological polar surface area (TPSA) is 113 Å². The summed E-state index contributed by atoms with van der Waals surface area (Å²) < 4.78 is 5.03. The number of methoxy groups -OCH3 is 1. The van der Waals surface area contributed by atoms with Crippen LogP contribution in [0, 0.1) is 0 Å². The van der Waals surface area contributed by atoms with Crippen LogP contribution in [0.2, 0.25) is 0 Å². The first-order chi connectivity index (χ1) is 9.45. The number of rotatable bonds is 7. The van der Waals surface area contributed by atoms with E-state index in [1.165, 1.54) is 7.11 Å². The van der Waals surface area contributed by atoms with E-state index in [0.717, 1.165) is 0 Å². The molecule has 0 aromatic heterocycles. The summed E-state index contributed by atoms with van der Waals surface area (Å²) in [5, 5.41) is 19.6. The molecule has 0 radical (unpaired) electrons. The highest BCUT2D eigenvalue weighted by atomic mass is 16.5. The maximum Gasteiger partial charge on any atom is 0.326 e. The number of hydrogen-bond acceptors (Lipinski definition) is 4. The molecule has 1 amide bonds.